The highest BCUT2D eigenvalue weighted by molar-refractivity contribution is 6.02. The van der Waals surface area contributed by atoms with Crippen LogP contribution in [0, 0.1) is 0 Å². The Kier molecular flexibility index (Phi) is 9.13. The van der Waals surface area contributed by atoms with Crippen LogP contribution < -0.4 is 14.4 Å². The van der Waals surface area contributed by atoms with Gasteiger partial charge in [0.1, 0.15) is 23.0 Å². The Labute approximate surface area is 487 Å². The zero-order valence-corrected chi connectivity index (χ0v) is 45.6. The van der Waals surface area contributed by atoms with Crippen LogP contribution >= 0.6 is 0 Å². The van der Waals surface area contributed by atoms with Crippen LogP contribution in [0.4, 0.5) is 17.1 Å². The topological polar surface area (TPSA) is 21.7 Å². The van der Waals surface area contributed by atoms with Crippen LogP contribution in [0.5, 0.6) is 23.0 Å². The van der Waals surface area contributed by atoms with E-state index in [4.69, 9.17) is 9.47 Å². The fraction of sp³-hybridized carbons (Fsp3) is 0.0370. The molecule has 4 aliphatic carbocycles. The number of benzene rings is 13. The molecule has 0 bridgehead atoms. The molecule has 0 amide bonds. The van der Waals surface area contributed by atoms with E-state index in [9.17, 15) is 0 Å². The average molecular weight is 1070 g/mol. The van der Waals surface area contributed by atoms with Crippen molar-refractivity contribution in [3.05, 3.63) is 364 Å². The largest absolute Gasteiger partial charge is 0.457 e. The number of para-hydroxylation sites is 4. The van der Waals surface area contributed by atoms with Gasteiger partial charge >= 0.3 is 0 Å². The first kappa shape index (κ1) is 45.9. The third-order valence-electron chi connectivity index (χ3n) is 19.6. The summed E-state index contributed by atoms with van der Waals surface area (Å²) in [7, 11) is 0. The van der Waals surface area contributed by atoms with Crippen molar-refractivity contribution < 1.29 is 9.47 Å². The highest BCUT2D eigenvalue weighted by Gasteiger charge is 2.55. The van der Waals surface area contributed by atoms with Gasteiger partial charge in [0.05, 0.1) is 21.9 Å². The molecule has 13 aromatic rings. The van der Waals surface area contributed by atoms with Crippen LogP contribution in [0.15, 0.2) is 297 Å². The second kappa shape index (κ2) is 16.7. The summed E-state index contributed by atoms with van der Waals surface area (Å²) in [5.41, 5.74) is 28.7. The number of nitrogens with zero attached hydrogens (tertiary/aromatic N) is 1. The molecular weight excluding hydrogens is 1020 g/mol. The van der Waals surface area contributed by atoms with E-state index in [1.807, 2.05) is 0 Å². The lowest BCUT2D eigenvalue weighted by atomic mass is 9.66. The van der Waals surface area contributed by atoms with Gasteiger partial charge in [-0.3, -0.25) is 0 Å². The van der Waals surface area contributed by atoms with Crippen molar-refractivity contribution in [2.75, 3.05) is 4.90 Å². The molecule has 6 aliphatic rings. The number of hydrogen-bond donors (Lipinski definition) is 0. The van der Waals surface area contributed by atoms with Crippen LogP contribution in [0.2, 0.25) is 0 Å². The van der Waals surface area contributed by atoms with Crippen molar-refractivity contribution in [1.29, 1.82) is 0 Å². The van der Waals surface area contributed by atoms with Crippen LogP contribution in [0.25, 0.3) is 55.6 Å². The van der Waals surface area contributed by atoms with E-state index in [0.717, 1.165) is 73.4 Å². The van der Waals surface area contributed by atoms with Crippen molar-refractivity contribution in [2.45, 2.75) is 16.2 Å². The van der Waals surface area contributed by atoms with Gasteiger partial charge in [-0.15, -0.1) is 0 Å². The van der Waals surface area contributed by atoms with E-state index >= 15 is 0 Å². The lowest BCUT2D eigenvalue weighted by Crippen LogP contribution is -2.32. The van der Waals surface area contributed by atoms with E-state index in [1.165, 1.54) is 89.0 Å². The molecule has 390 valence electrons. The molecule has 0 N–H and O–H groups in total. The summed E-state index contributed by atoms with van der Waals surface area (Å²) in [5.74, 6) is 3.54. The second-order valence-corrected chi connectivity index (χ2v) is 23.2. The zero-order valence-electron chi connectivity index (χ0n) is 45.6. The van der Waals surface area contributed by atoms with Gasteiger partial charge in [0.25, 0.3) is 0 Å². The Hall–Kier alpha value is -10.7. The molecule has 0 unspecified atom stereocenters. The normalized spacial score (nSPS) is 14.9. The quantitative estimate of drug-likeness (QED) is 0.175. The number of rotatable bonds is 4. The summed E-state index contributed by atoms with van der Waals surface area (Å²) in [6.45, 7) is 0. The molecule has 19 rings (SSSR count). The summed E-state index contributed by atoms with van der Waals surface area (Å²) in [6.07, 6.45) is 0. The van der Waals surface area contributed by atoms with E-state index in [1.54, 1.807) is 0 Å². The van der Waals surface area contributed by atoms with Gasteiger partial charge in [-0.1, -0.05) is 237 Å². The first-order chi connectivity index (χ1) is 41.7. The van der Waals surface area contributed by atoms with Crippen molar-refractivity contribution in [2.24, 2.45) is 0 Å². The summed E-state index contributed by atoms with van der Waals surface area (Å²) in [6, 6.07) is 111. The predicted molar refractivity (Wildman–Crippen MR) is 338 cm³/mol. The van der Waals surface area contributed by atoms with Crippen molar-refractivity contribution in [3.8, 4) is 78.6 Å². The first-order valence-electron chi connectivity index (χ1n) is 29.2. The molecule has 0 radical (unpaired) electrons. The predicted octanol–water partition coefficient (Wildman–Crippen LogP) is 20.1. The van der Waals surface area contributed by atoms with E-state index in [-0.39, 0.29) is 0 Å². The fourth-order valence-corrected chi connectivity index (χ4v) is 16.6. The maximum absolute atomic E-state index is 6.84. The van der Waals surface area contributed by atoms with E-state index < -0.39 is 16.2 Å². The van der Waals surface area contributed by atoms with Gasteiger partial charge in [-0.25, -0.2) is 0 Å². The van der Waals surface area contributed by atoms with Crippen LogP contribution in [-0.4, -0.2) is 0 Å². The Morgan fingerprint density at radius 1 is 0.214 bits per heavy atom. The first-order valence-corrected chi connectivity index (χ1v) is 29.2. The molecule has 0 atom stereocenters. The molecular formula is C81H49NO2. The van der Waals surface area contributed by atoms with Crippen LogP contribution in [0.1, 0.15) is 66.8 Å². The molecule has 84 heavy (non-hydrogen) atoms. The Morgan fingerprint density at radius 2 is 0.571 bits per heavy atom. The summed E-state index contributed by atoms with van der Waals surface area (Å²) in [4.78, 5) is 2.56. The minimum atomic E-state index is -0.656. The summed E-state index contributed by atoms with van der Waals surface area (Å²) >= 11 is 0. The highest BCUT2D eigenvalue weighted by atomic mass is 16.5. The highest BCUT2D eigenvalue weighted by Crippen LogP contribution is 2.67. The molecule has 0 saturated carbocycles. The van der Waals surface area contributed by atoms with Crippen LogP contribution in [0.3, 0.4) is 0 Å². The van der Waals surface area contributed by atoms with Gasteiger partial charge in [0.15, 0.2) is 0 Å². The second-order valence-electron chi connectivity index (χ2n) is 23.2. The molecule has 2 aliphatic heterocycles. The van der Waals surface area contributed by atoms with Gasteiger partial charge < -0.3 is 14.4 Å². The van der Waals surface area contributed by atoms with Crippen LogP contribution in [-0.2, 0) is 16.2 Å². The van der Waals surface area contributed by atoms with E-state index in [2.05, 4.69) is 302 Å². The Morgan fingerprint density at radius 3 is 1.10 bits per heavy atom. The SMILES string of the molecule is c1cc(-c2ccc3c(c2)-c2ccccc2C32c3ccccc3Oc3ccccc32)cc(N(c2ccc3c(c2)C2(c4ccccc4Oc4ccccc42)c2ccccc2-3)c2cccc3c2-c2ccccc2C32c3ccccc3-c3ccccc32)c1. The molecule has 3 spiro atoms. The summed E-state index contributed by atoms with van der Waals surface area (Å²) in [5, 5.41) is 0. The molecule has 3 nitrogen and oxygen atoms in total. The smallest absolute Gasteiger partial charge is 0.132 e. The van der Waals surface area contributed by atoms with Crippen molar-refractivity contribution in [1.82, 2.24) is 0 Å². The third-order valence-corrected chi connectivity index (χ3v) is 19.6. The van der Waals surface area contributed by atoms with Gasteiger partial charge in [-0.2, -0.15) is 0 Å². The monoisotopic (exact) mass is 1070 g/mol. The van der Waals surface area contributed by atoms with Crippen molar-refractivity contribution in [3.63, 3.8) is 0 Å². The minimum Gasteiger partial charge on any atom is -0.457 e. The molecule has 0 aromatic heterocycles. The minimum absolute atomic E-state index is 0.522. The number of anilines is 3. The Balaban J connectivity index is 0.864. The Bertz CT molecular complexity index is 4890. The van der Waals surface area contributed by atoms with Gasteiger partial charge in [0, 0.05) is 39.2 Å². The number of ether oxygens (including phenoxy) is 2. The lowest BCUT2D eigenvalue weighted by Gasteiger charge is -2.39. The molecule has 3 heteroatoms. The molecule has 2 heterocycles. The standard InChI is InChI=1S/C81H49NO2/c1-6-28-61-54(23-1)55-24-2-7-29-62(55)79(61)65-32-10-5-27-59(65)78-71(79)37-20-38-73(78)82(53-44-45-58-56-25-3-8-30-63(56)81(72(58)49-53)69-35-13-17-41-76(69)84-77-42-18-14-36-70(77)81)52-22-19-21-50(47-52)51-43-46-66-60(48-51)57-26-4-9-31-64(57)80(66)67-33-11-15-39-74(67)83-75-40-16-12-34-68(75)80/h1-49H. The third kappa shape index (κ3) is 5.62. The zero-order chi connectivity index (χ0) is 54.9. The van der Waals surface area contributed by atoms with Crippen molar-refractivity contribution >= 4 is 17.1 Å². The average Bonchev–Trinajstić information content (AvgIpc) is 1.62. The maximum Gasteiger partial charge on any atom is 0.132 e. The number of hydrogen-bond acceptors (Lipinski definition) is 3. The molecule has 13 aromatic carbocycles. The van der Waals surface area contributed by atoms with E-state index in [0.29, 0.717) is 0 Å². The number of fused-ring (bicyclic) bond motifs is 28. The maximum atomic E-state index is 6.84. The lowest BCUT2D eigenvalue weighted by molar-refractivity contribution is 0.436. The molecule has 0 saturated heterocycles. The summed E-state index contributed by atoms with van der Waals surface area (Å²) < 4.78 is 13.5. The fourth-order valence-electron chi connectivity index (χ4n) is 16.6. The molecule has 0 fully saturated rings. The van der Waals surface area contributed by atoms with Gasteiger partial charge in [-0.05, 0) is 155 Å². The van der Waals surface area contributed by atoms with Gasteiger partial charge in [0.2, 0.25) is 0 Å².